The van der Waals surface area contributed by atoms with Gasteiger partial charge in [0, 0.05) is 6.61 Å². The molecule has 2 aliphatic rings. The van der Waals surface area contributed by atoms with Crippen LogP contribution >= 0.6 is 0 Å². The van der Waals surface area contributed by atoms with Crippen molar-refractivity contribution in [2.45, 2.75) is 64.7 Å². The maximum atomic E-state index is 9.85. The maximum absolute atomic E-state index is 9.85. The summed E-state index contributed by atoms with van der Waals surface area (Å²) in [5, 5.41) is 9.85. The third-order valence-corrected chi connectivity index (χ3v) is 5.96. The van der Waals surface area contributed by atoms with E-state index in [0.29, 0.717) is 24.4 Å². The summed E-state index contributed by atoms with van der Waals surface area (Å²) in [5.41, 5.74) is 4.80. The molecule has 1 N–H and O–H groups in total. The van der Waals surface area contributed by atoms with Crippen molar-refractivity contribution in [3.8, 4) is 0 Å². The molecule has 110 valence electrons. The summed E-state index contributed by atoms with van der Waals surface area (Å²) in [6.07, 6.45) is 6.24. The molecular weight excluding hydrogens is 244 g/mol. The van der Waals surface area contributed by atoms with Gasteiger partial charge in [-0.2, -0.15) is 0 Å². The average molecular weight is 272 g/mol. The minimum atomic E-state index is 0.150. The van der Waals surface area contributed by atoms with Crippen LogP contribution < -0.4 is 0 Å². The van der Waals surface area contributed by atoms with E-state index in [-0.39, 0.29) is 5.41 Å². The molecule has 0 aliphatic heterocycles. The lowest BCUT2D eigenvalue weighted by Gasteiger charge is -2.48. The summed E-state index contributed by atoms with van der Waals surface area (Å²) in [6.45, 7) is 7.21. The highest BCUT2D eigenvalue weighted by Gasteiger charge is 2.44. The van der Waals surface area contributed by atoms with Gasteiger partial charge in [0.2, 0.25) is 0 Å². The van der Waals surface area contributed by atoms with Crippen molar-refractivity contribution >= 4 is 0 Å². The van der Waals surface area contributed by atoms with Crippen molar-refractivity contribution in [1.29, 1.82) is 0 Å². The van der Waals surface area contributed by atoms with Crippen LogP contribution in [-0.2, 0) is 6.42 Å². The van der Waals surface area contributed by atoms with Crippen molar-refractivity contribution in [1.82, 2.24) is 0 Å². The van der Waals surface area contributed by atoms with E-state index < -0.39 is 0 Å². The minimum Gasteiger partial charge on any atom is -0.396 e. The summed E-state index contributed by atoms with van der Waals surface area (Å²) < 4.78 is 0. The van der Waals surface area contributed by atoms with Gasteiger partial charge in [0.05, 0.1) is 0 Å². The van der Waals surface area contributed by atoms with Crippen LogP contribution in [0.15, 0.2) is 18.2 Å². The molecule has 2 aliphatic carbocycles. The van der Waals surface area contributed by atoms with E-state index in [4.69, 9.17) is 0 Å². The first-order valence-electron chi connectivity index (χ1n) is 8.29. The van der Waals surface area contributed by atoms with Gasteiger partial charge in [0.25, 0.3) is 0 Å². The molecule has 0 radical (unpaired) electrons. The largest absolute Gasteiger partial charge is 0.396 e. The highest BCUT2D eigenvalue weighted by molar-refractivity contribution is 5.39. The summed E-state index contributed by atoms with van der Waals surface area (Å²) in [4.78, 5) is 0. The first-order valence-corrected chi connectivity index (χ1v) is 8.29. The first kappa shape index (κ1) is 14.1. The predicted molar refractivity (Wildman–Crippen MR) is 84.1 cm³/mol. The number of rotatable bonds is 2. The van der Waals surface area contributed by atoms with Crippen LogP contribution in [0, 0.1) is 11.3 Å². The SMILES string of the molecule is CC(C)c1ccc2c(c1)CCC1C2CCCC1(C)CO. The van der Waals surface area contributed by atoms with E-state index in [0.717, 1.165) is 0 Å². The summed E-state index contributed by atoms with van der Waals surface area (Å²) >= 11 is 0. The molecule has 0 bridgehead atoms. The van der Waals surface area contributed by atoms with Crippen LogP contribution in [-0.4, -0.2) is 11.7 Å². The zero-order valence-corrected chi connectivity index (χ0v) is 13.2. The average Bonchev–Trinajstić information content (AvgIpc) is 2.46. The number of fused-ring (bicyclic) bond motifs is 3. The van der Waals surface area contributed by atoms with Crippen molar-refractivity contribution in [2.75, 3.05) is 6.61 Å². The molecule has 0 spiro atoms. The lowest BCUT2D eigenvalue weighted by atomic mass is 9.57. The van der Waals surface area contributed by atoms with Crippen molar-refractivity contribution in [3.05, 3.63) is 34.9 Å². The number of benzene rings is 1. The van der Waals surface area contributed by atoms with Crippen LogP contribution in [0.1, 0.15) is 75.0 Å². The molecule has 0 amide bonds. The first-order chi connectivity index (χ1) is 9.55. The molecule has 1 nitrogen and oxygen atoms in total. The summed E-state index contributed by atoms with van der Waals surface area (Å²) in [6, 6.07) is 7.17. The number of aryl methyl sites for hydroxylation is 1. The van der Waals surface area contributed by atoms with Gasteiger partial charge < -0.3 is 5.11 Å². The Balaban J connectivity index is 1.96. The van der Waals surface area contributed by atoms with Crippen LogP contribution in [0.2, 0.25) is 0 Å². The van der Waals surface area contributed by atoms with Gasteiger partial charge in [-0.25, -0.2) is 0 Å². The van der Waals surface area contributed by atoms with Crippen LogP contribution in [0.5, 0.6) is 0 Å². The lowest BCUT2D eigenvalue weighted by Crippen LogP contribution is -2.41. The molecule has 1 fully saturated rings. The van der Waals surface area contributed by atoms with E-state index in [1.165, 1.54) is 37.7 Å². The number of aliphatic hydroxyl groups excluding tert-OH is 1. The molecule has 20 heavy (non-hydrogen) atoms. The quantitative estimate of drug-likeness (QED) is 0.831. The smallest absolute Gasteiger partial charge is 0.0487 e. The highest BCUT2D eigenvalue weighted by Crippen LogP contribution is 2.53. The fourth-order valence-corrected chi connectivity index (χ4v) is 4.59. The Labute approximate surface area is 123 Å². The zero-order valence-electron chi connectivity index (χ0n) is 13.2. The number of aliphatic hydroxyl groups is 1. The number of hydrogen-bond acceptors (Lipinski definition) is 1. The second-order valence-corrected chi connectivity index (χ2v) is 7.57. The summed E-state index contributed by atoms with van der Waals surface area (Å²) in [7, 11) is 0. The monoisotopic (exact) mass is 272 g/mol. The van der Waals surface area contributed by atoms with E-state index >= 15 is 0 Å². The van der Waals surface area contributed by atoms with E-state index in [1.54, 1.807) is 11.1 Å². The molecule has 0 heterocycles. The molecule has 1 aromatic carbocycles. The van der Waals surface area contributed by atoms with Crippen LogP contribution in [0.25, 0.3) is 0 Å². The van der Waals surface area contributed by atoms with Crippen molar-refractivity contribution < 1.29 is 5.11 Å². The number of hydrogen-bond donors (Lipinski definition) is 1. The Morgan fingerprint density at radius 3 is 2.80 bits per heavy atom. The third kappa shape index (κ3) is 2.20. The molecule has 3 unspecified atom stereocenters. The Morgan fingerprint density at radius 2 is 2.10 bits per heavy atom. The van der Waals surface area contributed by atoms with E-state index in [1.807, 2.05) is 0 Å². The second kappa shape index (κ2) is 5.18. The van der Waals surface area contributed by atoms with Gasteiger partial charge in [-0.3, -0.25) is 0 Å². The lowest BCUT2D eigenvalue weighted by molar-refractivity contribution is 0.0178. The van der Waals surface area contributed by atoms with Gasteiger partial charge in [-0.15, -0.1) is 0 Å². The van der Waals surface area contributed by atoms with Crippen molar-refractivity contribution in [2.24, 2.45) is 11.3 Å². The molecule has 0 aromatic heterocycles. The molecule has 1 aromatic rings. The van der Waals surface area contributed by atoms with Crippen molar-refractivity contribution in [3.63, 3.8) is 0 Å². The van der Waals surface area contributed by atoms with Gasteiger partial charge in [0.1, 0.15) is 0 Å². The Hall–Kier alpha value is -0.820. The zero-order chi connectivity index (χ0) is 14.3. The fraction of sp³-hybridized carbons (Fsp3) is 0.684. The summed E-state index contributed by atoms with van der Waals surface area (Å²) in [5.74, 6) is 1.98. The normalized spacial score (nSPS) is 32.9. The standard InChI is InChI=1S/C19H28O/c1-13(2)14-6-8-16-15(11-14)7-9-18-17(16)5-4-10-19(18,3)12-20/h6,8,11,13,17-18,20H,4-5,7,9-10,12H2,1-3H3. The predicted octanol–water partition coefficient (Wildman–Crippen LogP) is 4.64. The minimum absolute atomic E-state index is 0.150. The molecule has 1 heteroatoms. The van der Waals surface area contributed by atoms with Crippen LogP contribution in [0.3, 0.4) is 0 Å². The Morgan fingerprint density at radius 1 is 1.30 bits per heavy atom. The Bertz CT molecular complexity index is 491. The molecule has 3 rings (SSSR count). The third-order valence-electron chi connectivity index (χ3n) is 5.96. The second-order valence-electron chi connectivity index (χ2n) is 7.57. The van der Waals surface area contributed by atoms with E-state index in [9.17, 15) is 5.11 Å². The Kier molecular flexibility index (Phi) is 3.66. The van der Waals surface area contributed by atoms with Gasteiger partial charge in [-0.1, -0.05) is 45.4 Å². The highest BCUT2D eigenvalue weighted by atomic mass is 16.3. The van der Waals surface area contributed by atoms with Crippen LogP contribution in [0.4, 0.5) is 0 Å². The van der Waals surface area contributed by atoms with Gasteiger partial charge in [0.15, 0.2) is 0 Å². The molecule has 1 saturated carbocycles. The molecule has 0 saturated heterocycles. The maximum Gasteiger partial charge on any atom is 0.0487 e. The molecule has 3 atom stereocenters. The van der Waals surface area contributed by atoms with E-state index in [2.05, 4.69) is 39.0 Å². The topological polar surface area (TPSA) is 20.2 Å². The van der Waals surface area contributed by atoms with Gasteiger partial charge in [-0.05, 0) is 65.5 Å². The molecular formula is C19H28O. The fourth-order valence-electron chi connectivity index (χ4n) is 4.59. The van der Waals surface area contributed by atoms with Gasteiger partial charge >= 0.3 is 0 Å².